The lowest BCUT2D eigenvalue weighted by Crippen LogP contribution is -2.24. The summed E-state index contributed by atoms with van der Waals surface area (Å²) in [7, 11) is 0. The van der Waals surface area contributed by atoms with Gasteiger partial charge in [-0.1, -0.05) is 117 Å². The quantitative estimate of drug-likeness (QED) is 0.108. The fraction of sp³-hybridized carbons (Fsp3) is 0.962. The Hall–Kier alpha value is -0.570. The van der Waals surface area contributed by atoms with E-state index < -0.39 is 5.79 Å². The predicted molar refractivity (Wildman–Crippen MR) is 123 cm³/mol. The maximum Gasteiger partial charge on any atom is 0.308 e. The van der Waals surface area contributed by atoms with Crippen LogP contribution >= 0.6 is 0 Å². The molecule has 0 aromatic carbocycles. The molecule has 0 N–H and O–H groups in total. The lowest BCUT2D eigenvalue weighted by Gasteiger charge is -2.15. The molecule has 0 aromatic heterocycles. The zero-order valence-corrected chi connectivity index (χ0v) is 19.9. The van der Waals surface area contributed by atoms with Gasteiger partial charge in [-0.3, -0.25) is 4.79 Å². The summed E-state index contributed by atoms with van der Waals surface area (Å²) in [6.45, 7) is 6.73. The van der Waals surface area contributed by atoms with Crippen LogP contribution in [0.15, 0.2) is 0 Å². The van der Waals surface area contributed by atoms with Crippen LogP contribution in [0.2, 0.25) is 0 Å². The van der Waals surface area contributed by atoms with Crippen molar-refractivity contribution in [2.24, 2.45) is 0 Å². The first kappa shape index (κ1) is 26.5. The van der Waals surface area contributed by atoms with E-state index in [0.717, 1.165) is 32.1 Å². The van der Waals surface area contributed by atoms with E-state index in [9.17, 15) is 4.79 Å². The fourth-order valence-electron chi connectivity index (χ4n) is 4.22. The summed E-state index contributed by atoms with van der Waals surface area (Å²) in [6.07, 6.45) is 23.8. The molecule has 1 aliphatic heterocycles. The smallest absolute Gasteiger partial charge is 0.308 e. The minimum atomic E-state index is -0.575. The number of carbonyl (C=O) groups is 1. The molecule has 0 saturated carbocycles. The summed E-state index contributed by atoms with van der Waals surface area (Å²) in [4.78, 5) is 12.4. The SMILES string of the molecule is CCCCCCCCC1OC1(CCCCCCCC)OC(=O)CCCCCCC. The Morgan fingerprint density at radius 2 is 1.17 bits per heavy atom. The molecule has 1 heterocycles. The van der Waals surface area contributed by atoms with E-state index in [1.807, 2.05) is 0 Å². The average molecular weight is 411 g/mol. The number of carbonyl (C=O) groups excluding carboxylic acids is 1. The van der Waals surface area contributed by atoms with Crippen molar-refractivity contribution in [1.29, 1.82) is 0 Å². The number of hydrogen-bond donors (Lipinski definition) is 0. The van der Waals surface area contributed by atoms with Crippen LogP contribution in [0.4, 0.5) is 0 Å². The van der Waals surface area contributed by atoms with Crippen LogP contribution < -0.4 is 0 Å². The zero-order chi connectivity index (χ0) is 21.2. The van der Waals surface area contributed by atoms with E-state index in [1.54, 1.807) is 0 Å². The molecule has 2 atom stereocenters. The first-order valence-electron chi connectivity index (χ1n) is 13.1. The molecule has 0 aromatic rings. The molecule has 1 aliphatic rings. The second-order valence-electron chi connectivity index (χ2n) is 9.13. The van der Waals surface area contributed by atoms with Crippen LogP contribution in [0.1, 0.15) is 149 Å². The summed E-state index contributed by atoms with van der Waals surface area (Å²) in [5, 5.41) is 0. The van der Waals surface area contributed by atoms with Crippen molar-refractivity contribution < 1.29 is 14.3 Å². The Balaban J connectivity index is 2.31. The van der Waals surface area contributed by atoms with Crippen LogP contribution in [0.3, 0.4) is 0 Å². The third-order valence-electron chi connectivity index (χ3n) is 6.24. The summed E-state index contributed by atoms with van der Waals surface area (Å²) < 4.78 is 12.0. The summed E-state index contributed by atoms with van der Waals surface area (Å²) in [5.74, 6) is -0.618. The second-order valence-corrected chi connectivity index (χ2v) is 9.13. The molecule has 1 saturated heterocycles. The summed E-state index contributed by atoms with van der Waals surface area (Å²) >= 11 is 0. The highest BCUT2D eigenvalue weighted by Crippen LogP contribution is 2.45. The van der Waals surface area contributed by atoms with Crippen molar-refractivity contribution >= 4 is 5.97 Å². The monoisotopic (exact) mass is 410 g/mol. The highest BCUT2D eigenvalue weighted by Gasteiger charge is 2.59. The number of unbranched alkanes of at least 4 members (excludes halogenated alkanes) is 14. The van der Waals surface area contributed by atoms with Gasteiger partial charge in [-0.2, -0.15) is 0 Å². The molecule has 3 nitrogen and oxygen atoms in total. The van der Waals surface area contributed by atoms with Crippen molar-refractivity contribution in [3.8, 4) is 0 Å². The standard InChI is InChI=1S/C26H50O3/c1-4-7-10-13-16-18-21-24-26(28-24,23-20-17-14-11-8-5-2)29-25(27)22-19-15-12-9-6-3/h24H,4-23H2,1-3H3. The molecule has 172 valence electrons. The first-order chi connectivity index (χ1) is 14.2. The lowest BCUT2D eigenvalue weighted by molar-refractivity contribution is -0.160. The van der Waals surface area contributed by atoms with E-state index >= 15 is 0 Å². The van der Waals surface area contributed by atoms with Gasteiger partial charge in [0.2, 0.25) is 5.79 Å². The Bertz CT molecular complexity index is 395. The van der Waals surface area contributed by atoms with Crippen molar-refractivity contribution in [1.82, 2.24) is 0 Å². The second kappa shape index (κ2) is 17.1. The minimum Gasteiger partial charge on any atom is -0.430 e. The molecular formula is C26H50O3. The van der Waals surface area contributed by atoms with Crippen LogP contribution in [0.5, 0.6) is 0 Å². The van der Waals surface area contributed by atoms with E-state index in [0.29, 0.717) is 6.42 Å². The topological polar surface area (TPSA) is 38.8 Å². The Morgan fingerprint density at radius 1 is 0.690 bits per heavy atom. The number of ether oxygens (including phenoxy) is 2. The van der Waals surface area contributed by atoms with Gasteiger partial charge in [0.15, 0.2) is 0 Å². The minimum absolute atomic E-state index is 0.0436. The van der Waals surface area contributed by atoms with Gasteiger partial charge in [-0.25, -0.2) is 0 Å². The normalized spacial score (nSPS) is 20.7. The van der Waals surface area contributed by atoms with Crippen molar-refractivity contribution in [2.45, 2.75) is 161 Å². The molecule has 2 unspecified atom stereocenters. The molecule has 1 fully saturated rings. The third kappa shape index (κ3) is 12.7. The molecule has 0 radical (unpaired) electrons. The van der Waals surface area contributed by atoms with Gasteiger partial charge in [0.1, 0.15) is 6.10 Å². The van der Waals surface area contributed by atoms with Gasteiger partial charge in [0.05, 0.1) is 0 Å². The van der Waals surface area contributed by atoms with Crippen molar-refractivity contribution in [3.05, 3.63) is 0 Å². The van der Waals surface area contributed by atoms with Gasteiger partial charge in [0, 0.05) is 12.8 Å². The number of hydrogen-bond acceptors (Lipinski definition) is 3. The molecule has 1 rings (SSSR count). The molecule has 29 heavy (non-hydrogen) atoms. The summed E-state index contributed by atoms with van der Waals surface area (Å²) in [6, 6.07) is 0. The number of epoxide rings is 1. The van der Waals surface area contributed by atoms with Gasteiger partial charge >= 0.3 is 5.97 Å². The Kier molecular flexibility index (Phi) is 15.6. The lowest BCUT2D eigenvalue weighted by atomic mass is 10.0. The predicted octanol–water partition coefficient (Wildman–Crippen LogP) is 8.49. The van der Waals surface area contributed by atoms with Gasteiger partial charge in [0.25, 0.3) is 0 Å². The molecule has 0 spiro atoms. The van der Waals surface area contributed by atoms with Crippen LogP contribution in [0, 0.1) is 0 Å². The van der Waals surface area contributed by atoms with E-state index in [2.05, 4.69) is 20.8 Å². The number of rotatable bonds is 21. The first-order valence-corrected chi connectivity index (χ1v) is 13.1. The van der Waals surface area contributed by atoms with E-state index in [-0.39, 0.29) is 12.1 Å². The van der Waals surface area contributed by atoms with Crippen LogP contribution in [-0.4, -0.2) is 17.9 Å². The maximum absolute atomic E-state index is 12.4. The average Bonchev–Trinajstić information content (AvgIpc) is 3.39. The third-order valence-corrected chi connectivity index (χ3v) is 6.24. The summed E-state index contributed by atoms with van der Waals surface area (Å²) in [5.41, 5.74) is 0. The fourth-order valence-corrected chi connectivity index (χ4v) is 4.22. The Labute approximate surface area is 181 Å². The highest BCUT2D eigenvalue weighted by atomic mass is 16.8. The molecule has 3 heteroatoms. The number of esters is 1. The Morgan fingerprint density at radius 3 is 1.76 bits per heavy atom. The van der Waals surface area contributed by atoms with Crippen LogP contribution in [-0.2, 0) is 14.3 Å². The molecule has 0 bridgehead atoms. The van der Waals surface area contributed by atoms with Crippen LogP contribution in [0.25, 0.3) is 0 Å². The van der Waals surface area contributed by atoms with Crippen molar-refractivity contribution in [2.75, 3.05) is 0 Å². The zero-order valence-electron chi connectivity index (χ0n) is 19.9. The van der Waals surface area contributed by atoms with Gasteiger partial charge in [-0.05, 0) is 19.3 Å². The maximum atomic E-state index is 12.4. The molecule has 0 amide bonds. The van der Waals surface area contributed by atoms with Gasteiger partial charge < -0.3 is 9.47 Å². The van der Waals surface area contributed by atoms with E-state index in [1.165, 1.54) is 89.9 Å². The van der Waals surface area contributed by atoms with Crippen molar-refractivity contribution in [3.63, 3.8) is 0 Å². The highest BCUT2D eigenvalue weighted by molar-refractivity contribution is 5.70. The van der Waals surface area contributed by atoms with Gasteiger partial charge in [-0.15, -0.1) is 0 Å². The molecular weight excluding hydrogens is 360 g/mol. The molecule has 0 aliphatic carbocycles. The van der Waals surface area contributed by atoms with E-state index in [4.69, 9.17) is 9.47 Å². The largest absolute Gasteiger partial charge is 0.430 e.